The van der Waals surface area contributed by atoms with E-state index in [1.165, 1.54) is 0 Å². The van der Waals surface area contributed by atoms with Crippen molar-refractivity contribution in [2.75, 3.05) is 18.6 Å². The molecular weight excluding hydrogens is 226 g/mol. The Kier molecular flexibility index (Phi) is 10.3. The van der Waals surface area contributed by atoms with Crippen LogP contribution in [0.25, 0.3) is 0 Å². The second kappa shape index (κ2) is 10.8. The van der Waals surface area contributed by atoms with E-state index in [2.05, 4.69) is 10.7 Å². The highest BCUT2D eigenvalue weighted by Crippen LogP contribution is 2.02. The number of hydrogen-bond acceptors (Lipinski definition) is 4. The maximum absolute atomic E-state index is 11.3. The number of nitrogens with one attached hydrogen (secondary N) is 2. The zero-order valence-corrected chi connectivity index (χ0v) is 10.6. The molecule has 6 heteroatoms. The van der Waals surface area contributed by atoms with Gasteiger partial charge in [-0.15, -0.1) is 0 Å². The molecule has 0 fully saturated rings. The molecule has 0 aliphatic heterocycles. The first-order valence-corrected chi connectivity index (χ1v) is 6.85. The Balaban J connectivity index is 3.24. The van der Waals surface area contributed by atoms with Gasteiger partial charge in [0, 0.05) is 25.1 Å². The molecule has 94 valence electrons. The fourth-order valence-corrected chi connectivity index (χ4v) is 1.51. The molecule has 0 spiro atoms. The lowest BCUT2D eigenvalue weighted by Crippen LogP contribution is -2.29. The van der Waals surface area contributed by atoms with E-state index < -0.39 is 0 Å². The Labute approximate surface area is 101 Å². The van der Waals surface area contributed by atoms with Crippen LogP contribution in [0.15, 0.2) is 0 Å². The minimum Gasteiger partial charge on any atom is -0.355 e. The predicted molar refractivity (Wildman–Crippen MR) is 66.8 cm³/mol. The lowest BCUT2D eigenvalue weighted by atomic mass is 10.1. The van der Waals surface area contributed by atoms with Crippen molar-refractivity contribution >= 4 is 23.6 Å². The highest BCUT2D eigenvalue weighted by atomic mass is 32.2. The fourth-order valence-electron chi connectivity index (χ4n) is 1.20. The number of rotatable bonds is 9. The highest BCUT2D eigenvalue weighted by molar-refractivity contribution is 7.98. The minimum atomic E-state index is -0.149. The normalized spacial score (nSPS) is 9.88. The molecule has 0 radical (unpaired) electrons. The van der Waals surface area contributed by atoms with Crippen LogP contribution in [0.1, 0.15) is 32.1 Å². The summed E-state index contributed by atoms with van der Waals surface area (Å²) in [5, 5.41) is 2.84. The molecule has 5 nitrogen and oxygen atoms in total. The van der Waals surface area contributed by atoms with Gasteiger partial charge in [0.2, 0.25) is 11.8 Å². The molecule has 0 heterocycles. The Hall–Kier alpha value is -0.750. The van der Waals surface area contributed by atoms with E-state index in [0.717, 1.165) is 31.6 Å². The van der Waals surface area contributed by atoms with Gasteiger partial charge in [-0.25, -0.2) is 5.84 Å². The molecule has 4 N–H and O–H groups in total. The number of nitrogens with two attached hydrogens (primary N) is 1. The number of unbranched alkanes of at least 4 members (excludes halogenated alkanes) is 2. The Bertz CT molecular complexity index is 212. The topological polar surface area (TPSA) is 84.2 Å². The molecule has 0 aromatic heterocycles. The molecule has 0 saturated heterocycles. The molecule has 0 unspecified atom stereocenters. The molecule has 16 heavy (non-hydrogen) atoms. The van der Waals surface area contributed by atoms with Gasteiger partial charge in [-0.3, -0.25) is 15.0 Å². The Morgan fingerprint density at radius 1 is 1.12 bits per heavy atom. The molecule has 0 aliphatic rings. The van der Waals surface area contributed by atoms with Crippen LogP contribution in [0.5, 0.6) is 0 Å². The van der Waals surface area contributed by atoms with Crippen molar-refractivity contribution in [2.24, 2.45) is 5.84 Å². The fraction of sp³-hybridized carbons (Fsp3) is 0.800. The molecule has 0 aromatic carbocycles. The summed E-state index contributed by atoms with van der Waals surface area (Å²) in [6, 6.07) is 0. The minimum absolute atomic E-state index is 0.0947. The lowest BCUT2D eigenvalue weighted by Gasteiger charge is -2.03. The van der Waals surface area contributed by atoms with Gasteiger partial charge in [-0.05, 0) is 19.1 Å². The second-order valence-corrected chi connectivity index (χ2v) is 4.46. The van der Waals surface area contributed by atoms with Gasteiger partial charge in [-0.1, -0.05) is 6.42 Å². The van der Waals surface area contributed by atoms with Crippen molar-refractivity contribution in [3.8, 4) is 0 Å². The number of thioether (sulfide) groups is 1. The van der Waals surface area contributed by atoms with Gasteiger partial charge in [-0.2, -0.15) is 11.8 Å². The summed E-state index contributed by atoms with van der Waals surface area (Å²) in [6.07, 6.45) is 5.46. The Morgan fingerprint density at radius 3 is 2.31 bits per heavy atom. The van der Waals surface area contributed by atoms with Gasteiger partial charge in [0.15, 0.2) is 0 Å². The summed E-state index contributed by atoms with van der Waals surface area (Å²) in [6.45, 7) is 0.732. The number of carbonyl (C=O) groups excluding carboxylic acids is 2. The third-order valence-electron chi connectivity index (χ3n) is 2.10. The molecule has 0 rings (SSSR count). The summed E-state index contributed by atoms with van der Waals surface area (Å²) in [5.41, 5.74) is 2.08. The first kappa shape index (κ1) is 15.2. The van der Waals surface area contributed by atoms with Crippen LogP contribution in [0.2, 0.25) is 0 Å². The quantitative estimate of drug-likeness (QED) is 0.238. The van der Waals surface area contributed by atoms with E-state index in [9.17, 15) is 9.59 Å². The predicted octanol–water partition coefficient (Wildman–Crippen LogP) is 0.406. The molecular formula is C10H21N3O2S. The molecule has 0 atom stereocenters. The van der Waals surface area contributed by atoms with Gasteiger partial charge in [0.1, 0.15) is 0 Å². The van der Waals surface area contributed by atoms with E-state index in [1.54, 1.807) is 11.8 Å². The molecule has 0 saturated carbocycles. The van der Waals surface area contributed by atoms with E-state index in [-0.39, 0.29) is 11.8 Å². The number of hydrogen-bond donors (Lipinski definition) is 3. The van der Waals surface area contributed by atoms with Crippen LogP contribution in [-0.4, -0.2) is 30.4 Å². The Morgan fingerprint density at radius 2 is 1.75 bits per heavy atom. The molecule has 0 aromatic rings. The maximum Gasteiger partial charge on any atom is 0.233 e. The first-order valence-electron chi connectivity index (χ1n) is 5.45. The highest BCUT2D eigenvalue weighted by Gasteiger charge is 2.01. The van der Waals surface area contributed by atoms with Crippen molar-refractivity contribution in [1.29, 1.82) is 0 Å². The van der Waals surface area contributed by atoms with Crippen molar-refractivity contribution in [2.45, 2.75) is 32.1 Å². The molecule has 0 bridgehead atoms. The van der Waals surface area contributed by atoms with Crippen LogP contribution in [-0.2, 0) is 9.59 Å². The smallest absolute Gasteiger partial charge is 0.233 e. The van der Waals surface area contributed by atoms with Gasteiger partial charge < -0.3 is 5.32 Å². The van der Waals surface area contributed by atoms with Gasteiger partial charge in [0.05, 0.1) is 0 Å². The molecule has 0 aliphatic carbocycles. The zero-order valence-electron chi connectivity index (χ0n) is 9.75. The standard InChI is InChI=1S/C10H21N3O2S/c1-16-8-7-12-9(14)5-3-2-4-6-10(15)13-11/h2-8,11H2,1H3,(H,12,14)(H,13,15). The number of amides is 2. The van der Waals surface area contributed by atoms with Crippen molar-refractivity contribution < 1.29 is 9.59 Å². The summed E-state index contributed by atoms with van der Waals surface area (Å²) >= 11 is 1.71. The van der Waals surface area contributed by atoms with E-state index in [1.807, 2.05) is 6.26 Å². The van der Waals surface area contributed by atoms with E-state index in [4.69, 9.17) is 5.84 Å². The van der Waals surface area contributed by atoms with Gasteiger partial charge in [0.25, 0.3) is 0 Å². The number of hydrazine groups is 1. The third-order valence-corrected chi connectivity index (χ3v) is 2.71. The summed E-state index contributed by atoms with van der Waals surface area (Å²) in [7, 11) is 0. The third kappa shape index (κ3) is 9.79. The largest absolute Gasteiger partial charge is 0.355 e. The van der Waals surface area contributed by atoms with Crippen LogP contribution in [0, 0.1) is 0 Å². The van der Waals surface area contributed by atoms with Crippen molar-refractivity contribution in [1.82, 2.24) is 10.7 Å². The average Bonchev–Trinajstić information content (AvgIpc) is 2.28. The number of carbonyl (C=O) groups is 2. The summed E-state index contributed by atoms with van der Waals surface area (Å²) in [4.78, 5) is 22.0. The molecule has 2 amide bonds. The van der Waals surface area contributed by atoms with E-state index >= 15 is 0 Å². The first-order chi connectivity index (χ1) is 7.70. The van der Waals surface area contributed by atoms with E-state index in [0.29, 0.717) is 12.8 Å². The van der Waals surface area contributed by atoms with Crippen molar-refractivity contribution in [3.63, 3.8) is 0 Å². The van der Waals surface area contributed by atoms with Crippen molar-refractivity contribution in [3.05, 3.63) is 0 Å². The monoisotopic (exact) mass is 247 g/mol. The van der Waals surface area contributed by atoms with Crippen LogP contribution in [0.3, 0.4) is 0 Å². The lowest BCUT2D eigenvalue weighted by molar-refractivity contribution is -0.121. The van der Waals surface area contributed by atoms with Crippen LogP contribution < -0.4 is 16.6 Å². The maximum atomic E-state index is 11.3. The summed E-state index contributed by atoms with van der Waals surface area (Å²) in [5.74, 6) is 5.83. The second-order valence-electron chi connectivity index (χ2n) is 3.47. The summed E-state index contributed by atoms with van der Waals surface area (Å²) < 4.78 is 0. The van der Waals surface area contributed by atoms with Crippen LogP contribution in [0.4, 0.5) is 0 Å². The van der Waals surface area contributed by atoms with Crippen LogP contribution >= 0.6 is 11.8 Å². The van der Waals surface area contributed by atoms with Gasteiger partial charge >= 0.3 is 0 Å². The average molecular weight is 247 g/mol. The zero-order chi connectivity index (χ0) is 12.2. The SMILES string of the molecule is CSCCNC(=O)CCCCCC(=O)NN.